The molecule has 1 N–H and O–H groups in total. The van der Waals surface area contributed by atoms with Crippen LogP contribution in [0, 0.1) is 20.8 Å². The van der Waals surface area contributed by atoms with E-state index in [1.54, 1.807) is 6.20 Å². The Morgan fingerprint density at radius 3 is 1.61 bits per heavy atom. The van der Waals surface area contributed by atoms with E-state index in [1.165, 1.54) is 0 Å². The van der Waals surface area contributed by atoms with Crippen molar-refractivity contribution in [3.8, 4) is 5.75 Å². The first-order valence-electron chi connectivity index (χ1n) is 13.4. The standard InChI is InChI=1S/C23H25N2O.2C7H7.Hf/c1-16-14-18(23(2,3)4)22(26)20(15-16)25-21(17-10-6-5-7-11-17)19-12-8-9-13-24-19;2*1-7-5-3-2-4-6-7;/h5-15,21,26H,1-4H3;2*2-6H,1H2;/q3*-1;. The summed E-state index contributed by atoms with van der Waals surface area (Å²) in [6, 6.07) is 39.3. The number of phenols is 1. The largest absolute Gasteiger partial charge is 0.670 e. The summed E-state index contributed by atoms with van der Waals surface area (Å²) >= 11 is 0. The molecule has 0 bridgehead atoms. The molecule has 1 atom stereocenters. The summed E-state index contributed by atoms with van der Waals surface area (Å²) in [4.78, 5) is 4.50. The van der Waals surface area contributed by atoms with Crippen LogP contribution in [0.5, 0.6) is 5.75 Å². The van der Waals surface area contributed by atoms with Gasteiger partial charge in [0.15, 0.2) is 0 Å². The van der Waals surface area contributed by atoms with Crippen LogP contribution in [-0.4, -0.2) is 10.1 Å². The SMILES string of the molecule is Cc1cc([N-]C(c2ccccc2)c2ccccn2)c(O)c(C(C)(C)C)c1.[CH2-]c1ccccc1.[CH2-]c1ccccc1.[Hf]. The number of aromatic hydroxyl groups is 1. The van der Waals surface area contributed by atoms with Crippen LogP contribution in [0.15, 0.2) is 128 Å². The summed E-state index contributed by atoms with van der Waals surface area (Å²) in [6.45, 7) is 15.8. The van der Waals surface area contributed by atoms with E-state index in [0.29, 0.717) is 5.69 Å². The zero-order chi connectivity index (χ0) is 29.0. The molecule has 1 aromatic heterocycles. The van der Waals surface area contributed by atoms with E-state index in [9.17, 15) is 5.11 Å². The smallest absolute Gasteiger partial charge is 0.104 e. The second-order valence-corrected chi connectivity index (χ2v) is 10.6. The number of aryl methyl sites for hydroxylation is 1. The fraction of sp³-hybridized carbons (Fsp3) is 0.162. The number of rotatable bonds is 4. The predicted octanol–water partition coefficient (Wildman–Crippen LogP) is 9.92. The van der Waals surface area contributed by atoms with Crippen LogP contribution in [0.2, 0.25) is 0 Å². The third-order valence-electron chi connectivity index (χ3n) is 6.08. The van der Waals surface area contributed by atoms with Crippen molar-refractivity contribution in [3.05, 3.63) is 180 Å². The number of pyridine rings is 1. The first-order chi connectivity index (χ1) is 19.1. The fourth-order valence-electron chi connectivity index (χ4n) is 4.01. The molecule has 0 amide bonds. The van der Waals surface area contributed by atoms with Crippen LogP contribution >= 0.6 is 0 Å². The Kier molecular flexibility index (Phi) is 13.5. The molecule has 1 heterocycles. The number of aromatic nitrogens is 1. The van der Waals surface area contributed by atoms with Gasteiger partial charge in [-0.3, -0.25) is 4.98 Å². The monoisotopic (exact) mass is 707 g/mol. The second-order valence-electron chi connectivity index (χ2n) is 10.6. The van der Waals surface area contributed by atoms with E-state index in [2.05, 4.69) is 39.6 Å². The molecule has 5 rings (SSSR count). The van der Waals surface area contributed by atoms with Crippen molar-refractivity contribution >= 4 is 5.69 Å². The van der Waals surface area contributed by atoms with Gasteiger partial charge in [0.2, 0.25) is 0 Å². The van der Waals surface area contributed by atoms with E-state index in [4.69, 9.17) is 5.32 Å². The van der Waals surface area contributed by atoms with Gasteiger partial charge in [0, 0.05) is 37.7 Å². The summed E-state index contributed by atoms with van der Waals surface area (Å²) in [5.74, 6) is 0.250. The van der Waals surface area contributed by atoms with Gasteiger partial charge >= 0.3 is 0 Å². The summed E-state index contributed by atoms with van der Waals surface area (Å²) in [7, 11) is 0. The van der Waals surface area contributed by atoms with Gasteiger partial charge in [-0.15, -0.1) is 24.3 Å². The molecule has 5 aromatic rings. The molecule has 0 saturated heterocycles. The molecule has 0 saturated carbocycles. The van der Waals surface area contributed by atoms with Crippen molar-refractivity contribution in [1.29, 1.82) is 0 Å². The average Bonchev–Trinajstić information content (AvgIpc) is 2.95. The van der Waals surface area contributed by atoms with Crippen LogP contribution in [0.1, 0.15) is 60.3 Å². The molecule has 0 aliphatic carbocycles. The molecule has 0 spiro atoms. The van der Waals surface area contributed by atoms with Crippen molar-refractivity contribution in [1.82, 2.24) is 4.98 Å². The topological polar surface area (TPSA) is 47.2 Å². The summed E-state index contributed by atoms with van der Waals surface area (Å²) in [6.07, 6.45) is 1.78. The Labute approximate surface area is 265 Å². The van der Waals surface area contributed by atoms with Gasteiger partial charge in [-0.1, -0.05) is 98.2 Å². The molecule has 0 aliphatic heterocycles. The number of hydrogen-bond donors (Lipinski definition) is 1. The average molecular weight is 706 g/mol. The minimum absolute atomic E-state index is 0. The van der Waals surface area contributed by atoms with Gasteiger partial charge in [0.05, 0.1) is 0 Å². The zero-order valence-corrected chi connectivity index (χ0v) is 28.1. The van der Waals surface area contributed by atoms with Gasteiger partial charge in [-0.25, -0.2) is 0 Å². The number of benzene rings is 4. The first kappa shape index (κ1) is 33.4. The Bertz CT molecular complexity index is 1340. The van der Waals surface area contributed by atoms with Crippen LogP contribution in [0.4, 0.5) is 5.69 Å². The summed E-state index contributed by atoms with van der Waals surface area (Å²) < 4.78 is 0. The maximum Gasteiger partial charge on any atom is 0.104 e. The van der Waals surface area contributed by atoms with E-state index >= 15 is 0 Å². The maximum absolute atomic E-state index is 10.9. The maximum atomic E-state index is 10.9. The molecule has 0 radical (unpaired) electrons. The summed E-state index contributed by atoms with van der Waals surface area (Å²) in [5.41, 5.74) is 6.48. The number of hydrogen-bond acceptors (Lipinski definition) is 2. The first-order valence-corrected chi connectivity index (χ1v) is 13.4. The van der Waals surface area contributed by atoms with Gasteiger partial charge in [0.1, 0.15) is 5.75 Å². The van der Waals surface area contributed by atoms with Crippen LogP contribution in [0.3, 0.4) is 0 Å². The zero-order valence-electron chi connectivity index (χ0n) is 24.5. The predicted molar refractivity (Wildman–Crippen MR) is 169 cm³/mol. The van der Waals surface area contributed by atoms with Gasteiger partial charge in [-0.2, -0.15) is 49.2 Å². The van der Waals surface area contributed by atoms with Crippen LogP contribution in [-0.2, 0) is 31.3 Å². The van der Waals surface area contributed by atoms with Gasteiger partial charge in [-0.05, 0) is 36.1 Å². The van der Waals surface area contributed by atoms with E-state index < -0.39 is 0 Å². The van der Waals surface area contributed by atoms with Gasteiger partial charge < -0.3 is 10.4 Å². The van der Waals surface area contributed by atoms with Crippen molar-refractivity contribution in [2.75, 3.05) is 0 Å². The molecule has 210 valence electrons. The third kappa shape index (κ3) is 11.0. The Hall–Kier alpha value is -3.76. The minimum atomic E-state index is -0.266. The second kappa shape index (κ2) is 16.5. The Balaban J connectivity index is 0.000000319. The molecule has 1 unspecified atom stereocenters. The van der Waals surface area contributed by atoms with Crippen molar-refractivity contribution < 1.29 is 30.9 Å². The normalized spacial score (nSPS) is 10.9. The molecule has 4 heteroatoms. The molecule has 0 fully saturated rings. The molecule has 41 heavy (non-hydrogen) atoms. The van der Waals surface area contributed by atoms with E-state index in [-0.39, 0.29) is 43.0 Å². The van der Waals surface area contributed by atoms with E-state index in [0.717, 1.165) is 33.5 Å². The van der Waals surface area contributed by atoms with E-state index in [1.807, 2.05) is 128 Å². The Morgan fingerprint density at radius 1 is 0.707 bits per heavy atom. The van der Waals surface area contributed by atoms with Crippen LogP contribution in [0.25, 0.3) is 5.32 Å². The molecule has 0 aliphatic rings. The number of phenolic OH excluding ortho intramolecular Hbond substituents is 1. The molecule has 4 aromatic carbocycles. The van der Waals surface area contributed by atoms with Gasteiger partial charge in [0.25, 0.3) is 0 Å². The van der Waals surface area contributed by atoms with Crippen LogP contribution < -0.4 is 0 Å². The van der Waals surface area contributed by atoms with Crippen molar-refractivity contribution in [2.45, 2.75) is 39.2 Å². The molecular formula is C37H39HfN2O-3. The number of nitrogens with zero attached hydrogens (tertiary/aromatic N) is 2. The van der Waals surface area contributed by atoms with Crippen molar-refractivity contribution in [3.63, 3.8) is 0 Å². The molecule has 3 nitrogen and oxygen atoms in total. The third-order valence-corrected chi connectivity index (χ3v) is 6.08. The quantitative estimate of drug-likeness (QED) is 0.150. The van der Waals surface area contributed by atoms with Crippen molar-refractivity contribution in [2.24, 2.45) is 0 Å². The fourth-order valence-corrected chi connectivity index (χ4v) is 4.01. The summed E-state index contributed by atoms with van der Waals surface area (Å²) in [5, 5.41) is 15.8. The molecular weight excluding hydrogens is 667 g/mol. The Morgan fingerprint density at radius 2 is 1.20 bits per heavy atom. The minimum Gasteiger partial charge on any atom is -0.670 e.